The summed E-state index contributed by atoms with van der Waals surface area (Å²) < 4.78 is 1.24. The lowest BCUT2D eigenvalue weighted by atomic mass is 9.90. The summed E-state index contributed by atoms with van der Waals surface area (Å²) in [6, 6.07) is 33.6. The molecule has 0 bridgehead atoms. The molecule has 180 valence electrons. The van der Waals surface area contributed by atoms with E-state index in [0.717, 1.165) is 6.42 Å². The van der Waals surface area contributed by atoms with Crippen LogP contribution in [0.5, 0.6) is 0 Å². The molecule has 0 radical (unpaired) electrons. The van der Waals surface area contributed by atoms with Crippen molar-refractivity contribution in [2.24, 2.45) is 0 Å². The third kappa shape index (κ3) is 6.53. The van der Waals surface area contributed by atoms with Gasteiger partial charge in [0.1, 0.15) is 0 Å². The zero-order valence-corrected chi connectivity index (χ0v) is 22.8. The quantitative estimate of drug-likeness (QED) is 0.171. The number of unbranched alkanes of at least 4 members (excludes halogenated alkanes) is 4. The van der Waals surface area contributed by atoms with E-state index in [-0.39, 0.29) is 0 Å². The van der Waals surface area contributed by atoms with Crippen LogP contribution >= 0.6 is 15.9 Å². The molecule has 0 spiro atoms. The molecule has 0 nitrogen and oxygen atoms in total. The Balaban J connectivity index is 1.62. The fraction of sp³-hybridized carbons (Fsp3) is 0.294. The highest BCUT2D eigenvalue weighted by Crippen LogP contribution is 2.40. The number of halogens is 1. The van der Waals surface area contributed by atoms with Crippen LogP contribution in [0.3, 0.4) is 0 Å². The van der Waals surface area contributed by atoms with E-state index in [1.165, 1.54) is 93.9 Å². The largest absolute Gasteiger partial charge is 0.0654 e. The summed E-state index contributed by atoms with van der Waals surface area (Å²) in [7, 11) is 0. The Morgan fingerprint density at radius 2 is 1.09 bits per heavy atom. The van der Waals surface area contributed by atoms with E-state index in [1.54, 1.807) is 0 Å². The molecule has 4 aromatic carbocycles. The topological polar surface area (TPSA) is 0 Å². The van der Waals surface area contributed by atoms with Crippen LogP contribution in [0, 0.1) is 0 Å². The first kappa shape index (κ1) is 25.5. The van der Waals surface area contributed by atoms with Crippen LogP contribution in [0.4, 0.5) is 0 Å². The predicted octanol–water partition coefficient (Wildman–Crippen LogP) is 10.9. The van der Waals surface area contributed by atoms with E-state index in [1.807, 2.05) is 0 Å². The normalized spacial score (nSPS) is 11.1. The van der Waals surface area contributed by atoms with Gasteiger partial charge in [0.25, 0.3) is 0 Å². The van der Waals surface area contributed by atoms with Crippen LogP contribution in [-0.4, -0.2) is 0 Å². The molecule has 0 fully saturated rings. The first-order chi connectivity index (χ1) is 17.2. The lowest BCUT2D eigenvalue weighted by Gasteiger charge is -2.17. The minimum Gasteiger partial charge on any atom is -0.0654 e. The van der Waals surface area contributed by atoms with E-state index >= 15 is 0 Å². The number of benzene rings is 4. The number of hydrogen-bond acceptors (Lipinski definition) is 0. The van der Waals surface area contributed by atoms with Gasteiger partial charge in [-0.3, -0.25) is 0 Å². The Morgan fingerprint density at radius 3 is 1.71 bits per heavy atom. The highest BCUT2D eigenvalue weighted by atomic mass is 79.9. The SMILES string of the molecule is CCCCCc1ccc(-c2ccc(-c3ccc(CCCCC)c(Br)c3-c3ccccc3)cc2)cc1. The molecule has 35 heavy (non-hydrogen) atoms. The second kappa shape index (κ2) is 12.9. The molecule has 0 aliphatic rings. The van der Waals surface area contributed by atoms with Gasteiger partial charge in [-0.25, -0.2) is 0 Å². The van der Waals surface area contributed by atoms with Gasteiger partial charge in [0, 0.05) is 10.0 Å². The predicted molar refractivity (Wildman–Crippen MR) is 157 cm³/mol. The van der Waals surface area contributed by atoms with Gasteiger partial charge < -0.3 is 0 Å². The molecule has 4 rings (SSSR count). The lowest BCUT2D eigenvalue weighted by Crippen LogP contribution is -1.94. The van der Waals surface area contributed by atoms with Crippen molar-refractivity contribution in [3.05, 3.63) is 107 Å². The Kier molecular flexibility index (Phi) is 9.37. The number of hydrogen-bond donors (Lipinski definition) is 0. The summed E-state index contributed by atoms with van der Waals surface area (Å²) in [4.78, 5) is 0. The molecule has 1 heteroatoms. The van der Waals surface area contributed by atoms with Gasteiger partial charge in [-0.2, -0.15) is 0 Å². The van der Waals surface area contributed by atoms with Gasteiger partial charge in [0.05, 0.1) is 0 Å². The Morgan fingerprint density at radius 1 is 0.514 bits per heavy atom. The standard InChI is InChI=1S/C34H37Br/c1-3-5-8-12-26-16-18-27(19-17-26)28-20-22-29(23-21-28)32-25-24-31(15-9-6-4-2)34(35)33(32)30-13-10-7-11-14-30/h7,10-11,13-14,16-25H,3-6,8-9,12,15H2,1-2H3. The van der Waals surface area contributed by atoms with Crippen molar-refractivity contribution >= 4 is 15.9 Å². The van der Waals surface area contributed by atoms with E-state index in [0.29, 0.717) is 0 Å². The molecule has 0 amide bonds. The van der Waals surface area contributed by atoms with Crippen molar-refractivity contribution in [3.63, 3.8) is 0 Å². The molecule has 0 heterocycles. The second-order valence-corrected chi connectivity index (χ2v) is 10.3. The number of rotatable bonds is 11. The minimum absolute atomic E-state index is 1.11. The van der Waals surface area contributed by atoms with Crippen LogP contribution in [-0.2, 0) is 12.8 Å². The molecular formula is C34H37Br. The van der Waals surface area contributed by atoms with Gasteiger partial charge in [-0.05, 0) is 80.6 Å². The average molecular weight is 526 g/mol. The third-order valence-corrected chi connectivity index (χ3v) is 7.79. The van der Waals surface area contributed by atoms with Crippen molar-refractivity contribution in [1.82, 2.24) is 0 Å². The third-order valence-electron chi connectivity index (χ3n) is 6.89. The summed E-state index contributed by atoms with van der Waals surface area (Å²) in [5.41, 5.74) is 10.5. The van der Waals surface area contributed by atoms with E-state index in [4.69, 9.17) is 0 Å². The maximum absolute atomic E-state index is 4.00. The van der Waals surface area contributed by atoms with Gasteiger partial charge in [-0.15, -0.1) is 0 Å². The van der Waals surface area contributed by atoms with Crippen molar-refractivity contribution in [1.29, 1.82) is 0 Å². The van der Waals surface area contributed by atoms with Gasteiger partial charge in [-0.1, -0.05) is 131 Å². The molecule has 4 aromatic rings. The van der Waals surface area contributed by atoms with Gasteiger partial charge >= 0.3 is 0 Å². The second-order valence-electron chi connectivity index (χ2n) is 9.52. The van der Waals surface area contributed by atoms with Crippen molar-refractivity contribution in [3.8, 4) is 33.4 Å². The average Bonchev–Trinajstić information content (AvgIpc) is 2.91. The highest BCUT2D eigenvalue weighted by molar-refractivity contribution is 9.10. The summed E-state index contributed by atoms with van der Waals surface area (Å²) in [5, 5.41) is 0. The first-order valence-corrected chi connectivity index (χ1v) is 14.1. The van der Waals surface area contributed by atoms with E-state index < -0.39 is 0 Å². The summed E-state index contributed by atoms with van der Waals surface area (Å²) >= 11 is 4.00. The summed E-state index contributed by atoms with van der Waals surface area (Å²) in [6.45, 7) is 4.52. The first-order valence-electron chi connectivity index (χ1n) is 13.3. The Bertz CT molecular complexity index is 1190. The zero-order chi connectivity index (χ0) is 24.5. The van der Waals surface area contributed by atoms with Gasteiger partial charge in [0.2, 0.25) is 0 Å². The van der Waals surface area contributed by atoms with Crippen LogP contribution in [0.2, 0.25) is 0 Å². The molecule has 0 saturated carbocycles. The molecule has 0 N–H and O–H groups in total. The van der Waals surface area contributed by atoms with Crippen molar-refractivity contribution < 1.29 is 0 Å². The monoisotopic (exact) mass is 524 g/mol. The van der Waals surface area contributed by atoms with E-state index in [9.17, 15) is 0 Å². The van der Waals surface area contributed by atoms with Gasteiger partial charge in [0.15, 0.2) is 0 Å². The molecular weight excluding hydrogens is 488 g/mol. The van der Waals surface area contributed by atoms with E-state index in [2.05, 4.69) is 121 Å². The molecule has 0 aliphatic carbocycles. The molecule has 0 saturated heterocycles. The summed E-state index contributed by atoms with van der Waals surface area (Å²) in [5.74, 6) is 0. The highest BCUT2D eigenvalue weighted by Gasteiger charge is 2.15. The molecule has 0 unspecified atom stereocenters. The lowest BCUT2D eigenvalue weighted by molar-refractivity contribution is 0.716. The van der Waals surface area contributed by atoms with Crippen LogP contribution in [0.15, 0.2) is 95.5 Å². The van der Waals surface area contributed by atoms with Crippen LogP contribution in [0.1, 0.15) is 63.5 Å². The maximum atomic E-state index is 4.00. The number of aryl methyl sites for hydroxylation is 2. The molecule has 0 atom stereocenters. The van der Waals surface area contributed by atoms with Crippen molar-refractivity contribution in [2.45, 2.75) is 65.2 Å². The Labute approximate surface area is 220 Å². The summed E-state index contributed by atoms with van der Waals surface area (Å²) in [6.07, 6.45) is 9.90. The molecule has 0 aromatic heterocycles. The zero-order valence-electron chi connectivity index (χ0n) is 21.2. The fourth-order valence-corrected chi connectivity index (χ4v) is 5.56. The Hall–Kier alpha value is -2.64. The fourth-order valence-electron chi connectivity index (χ4n) is 4.79. The molecule has 0 aliphatic heterocycles. The smallest absolute Gasteiger partial charge is 0.0291 e. The van der Waals surface area contributed by atoms with Crippen LogP contribution < -0.4 is 0 Å². The van der Waals surface area contributed by atoms with Crippen molar-refractivity contribution in [2.75, 3.05) is 0 Å². The van der Waals surface area contributed by atoms with Crippen LogP contribution in [0.25, 0.3) is 33.4 Å². The maximum Gasteiger partial charge on any atom is 0.0291 e. The minimum atomic E-state index is 1.11.